The van der Waals surface area contributed by atoms with Crippen LogP contribution in [0.25, 0.3) is 0 Å². The molecule has 0 aromatic rings. The van der Waals surface area contributed by atoms with Gasteiger partial charge in [0.05, 0.1) is 0 Å². The van der Waals surface area contributed by atoms with Gasteiger partial charge in [-0.15, -0.1) is 0 Å². The van der Waals surface area contributed by atoms with E-state index in [9.17, 15) is 9.59 Å². The highest BCUT2D eigenvalue weighted by atomic mass is 16.7. The van der Waals surface area contributed by atoms with Crippen molar-refractivity contribution in [3.63, 3.8) is 0 Å². The predicted octanol–water partition coefficient (Wildman–Crippen LogP) is 1.79. The number of carbonyl (C=O) groups excluding carboxylic acids is 2. The Kier molecular flexibility index (Phi) is 4.34. The molecule has 0 spiro atoms. The van der Waals surface area contributed by atoms with Gasteiger partial charge >= 0.3 is 11.9 Å². The third kappa shape index (κ3) is 4.14. The summed E-state index contributed by atoms with van der Waals surface area (Å²) < 4.78 is 9.97. The quantitative estimate of drug-likeness (QED) is 0.406. The second-order valence-corrected chi connectivity index (χ2v) is 3.63. The highest BCUT2D eigenvalue weighted by Crippen LogP contribution is 2.24. The van der Waals surface area contributed by atoms with Crippen LogP contribution in [0.15, 0.2) is 12.2 Å². The molecule has 0 amide bonds. The zero-order valence-corrected chi connectivity index (χ0v) is 9.06. The van der Waals surface area contributed by atoms with Crippen molar-refractivity contribution < 1.29 is 19.1 Å². The minimum absolute atomic E-state index is 0.0859. The Morgan fingerprint density at radius 3 is 2.20 bits per heavy atom. The summed E-state index contributed by atoms with van der Waals surface area (Å²) in [6.45, 7) is 2.63. The maximum atomic E-state index is 10.8. The Bertz CT molecular complexity index is 254. The number of hydrogen-bond acceptors (Lipinski definition) is 4. The third-order valence-corrected chi connectivity index (χ3v) is 2.26. The Balaban J connectivity index is 2.57. The van der Waals surface area contributed by atoms with Crippen molar-refractivity contribution in [2.75, 3.05) is 0 Å². The van der Waals surface area contributed by atoms with E-state index < -0.39 is 18.2 Å². The van der Waals surface area contributed by atoms with Crippen LogP contribution in [0.4, 0.5) is 0 Å². The monoisotopic (exact) mass is 212 g/mol. The highest BCUT2D eigenvalue weighted by molar-refractivity contribution is 5.68. The van der Waals surface area contributed by atoms with Crippen LogP contribution in [-0.2, 0) is 19.1 Å². The van der Waals surface area contributed by atoms with Crippen LogP contribution in [0.2, 0.25) is 0 Å². The van der Waals surface area contributed by atoms with Crippen molar-refractivity contribution in [3.8, 4) is 0 Å². The summed E-state index contributed by atoms with van der Waals surface area (Å²) in [5.74, 6) is -0.755. The van der Waals surface area contributed by atoms with Gasteiger partial charge in [-0.1, -0.05) is 12.2 Å². The third-order valence-electron chi connectivity index (χ3n) is 2.26. The molecule has 0 aromatic heterocycles. The fourth-order valence-electron chi connectivity index (χ4n) is 1.61. The van der Waals surface area contributed by atoms with E-state index in [-0.39, 0.29) is 5.92 Å². The molecule has 1 atom stereocenters. The van der Waals surface area contributed by atoms with E-state index in [4.69, 9.17) is 9.47 Å². The molecule has 0 radical (unpaired) electrons. The van der Waals surface area contributed by atoms with E-state index in [1.54, 1.807) is 0 Å². The lowest BCUT2D eigenvalue weighted by Gasteiger charge is -2.26. The van der Waals surface area contributed by atoms with Crippen LogP contribution < -0.4 is 0 Å². The summed E-state index contributed by atoms with van der Waals surface area (Å²) >= 11 is 0. The van der Waals surface area contributed by atoms with E-state index in [1.807, 2.05) is 6.08 Å². The van der Waals surface area contributed by atoms with Crippen LogP contribution in [0.3, 0.4) is 0 Å². The molecular weight excluding hydrogens is 196 g/mol. The van der Waals surface area contributed by atoms with E-state index in [0.717, 1.165) is 19.3 Å². The van der Waals surface area contributed by atoms with Crippen molar-refractivity contribution >= 4 is 11.9 Å². The first-order chi connectivity index (χ1) is 7.09. The molecular formula is C11H16O4. The average molecular weight is 212 g/mol. The summed E-state index contributed by atoms with van der Waals surface area (Å²) in [6, 6.07) is 0. The van der Waals surface area contributed by atoms with E-state index in [0.29, 0.717) is 0 Å². The van der Waals surface area contributed by atoms with Crippen LogP contribution in [0.5, 0.6) is 0 Å². The molecule has 1 aliphatic carbocycles. The molecule has 4 nitrogen and oxygen atoms in total. The SMILES string of the molecule is CC(=O)OC(OC(C)=O)C1CC=CCC1. The summed E-state index contributed by atoms with van der Waals surface area (Å²) in [4.78, 5) is 21.7. The van der Waals surface area contributed by atoms with Crippen LogP contribution >= 0.6 is 0 Å². The van der Waals surface area contributed by atoms with Gasteiger partial charge in [0.25, 0.3) is 0 Å². The number of carbonyl (C=O) groups is 2. The van der Waals surface area contributed by atoms with Gasteiger partial charge in [0.1, 0.15) is 0 Å². The maximum Gasteiger partial charge on any atom is 0.305 e. The van der Waals surface area contributed by atoms with E-state index in [2.05, 4.69) is 6.08 Å². The van der Waals surface area contributed by atoms with Crippen molar-refractivity contribution in [1.29, 1.82) is 0 Å². The first-order valence-corrected chi connectivity index (χ1v) is 5.09. The van der Waals surface area contributed by atoms with Gasteiger partial charge in [-0.05, 0) is 19.3 Å². The number of hydrogen-bond donors (Lipinski definition) is 0. The maximum absolute atomic E-state index is 10.8. The Morgan fingerprint density at radius 1 is 1.20 bits per heavy atom. The molecule has 84 valence electrons. The normalized spacial score (nSPS) is 20.1. The number of esters is 2. The minimum Gasteiger partial charge on any atom is -0.425 e. The van der Waals surface area contributed by atoms with Gasteiger partial charge in [-0.2, -0.15) is 0 Å². The molecule has 1 unspecified atom stereocenters. The number of rotatable bonds is 3. The zero-order valence-electron chi connectivity index (χ0n) is 9.06. The molecule has 0 fully saturated rings. The lowest BCUT2D eigenvalue weighted by molar-refractivity contribution is -0.195. The minimum atomic E-state index is -0.732. The lowest BCUT2D eigenvalue weighted by atomic mass is 9.94. The van der Waals surface area contributed by atoms with E-state index >= 15 is 0 Å². The molecule has 0 aliphatic heterocycles. The molecule has 4 heteroatoms. The standard InChI is InChI=1S/C11H16O4/c1-8(12)14-11(15-9(2)13)10-6-4-3-5-7-10/h3-4,10-11H,5-7H2,1-2H3. The number of allylic oxidation sites excluding steroid dienone is 2. The zero-order chi connectivity index (χ0) is 11.3. The second-order valence-electron chi connectivity index (χ2n) is 3.63. The van der Waals surface area contributed by atoms with Gasteiger partial charge in [0.2, 0.25) is 6.29 Å². The fraction of sp³-hybridized carbons (Fsp3) is 0.636. The average Bonchev–Trinajstić information content (AvgIpc) is 2.17. The summed E-state index contributed by atoms with van der Waals surface area (Å²) in [7, 11) is 0. The van der Waals surface area contributed by atoms with Crippen molar-refractivity contribution in [2.24, 2.45) is 5.92 Å². The highest BCUT2D eigenvalue weighted by Gasteiger charge is 2.26. The fourth-order valence-corrected chi connectivity index (χ4v) is 1.61. The Hall–Kier alpha value is -1.32. The van der Waals surface area contributed by atoms with Gasteiger partial charge in [-0.25, -0.2) is 0 Å². The van der Waals surface area contributed by atoms with Gasteiger partial charge < -0.3 is 9.47 Å². The van der Waals surface area contributed by atoms with Crippen molar-refractivity contribution in [1.82, 2.24) is 0 Å². The molecule has 0 saturated carbocycles. The Labute approximate surface area is 89.2 Å². The van der Waals surface area contributed by atoms with E-state index in [1.165, 1.54) is 13.8 Å². The van der Waals surface area contributed by atoms with Gasteiger partial charge in [0, 0.05) is 19.8 Å². The summed E-state index contributed by atoms with van der Waals surface area (Å²) in [6.07, 6.45) is 5.96. The molecule has 0 bridgehead atoms. The van der Waals surface area contributed by atoms with Crippen LogP contribution in [0, 0.1) is 5.92 Å². The van der Waals surface area contributed by atoms with Crippen molar-refractivity contribution in [3.05, 3.63) is 12.2 Å². The number of ether oxygens (including phenoxy) is 2. The molecule has 1 rings (SSSR count). The molecule has 15 heavy (non-hydrogen) atoms. The largest absolute Gasteiger partial charge is 0.425 e. The molecule has 0 heterocycles. The summed E-state index contributed by atoms with van der Waals surface area (Å²) in [5.41, 5.74) is 0. The first kappa shape index (κ1) is 11.8. The lowest BCUT2D eigenvalue weighted by Crippen LogP contribution is -2.31. The van der Waals surface area contributed by atoms with Gasteiger partial charge in [-0.3, -0.25) is 9.59 Å². The molecule has 1 aliphatic rings. The summed E-state index contributed by atoms with van der Waals surface area (Å²) in [5, 5.41) is 0. The first-order valence-electron chi connectivity index (χ1n) is 5.09. The molecule has 0 saturated heterocycles. The smallest absolute Gasteiger partial charge is 0.305 e. The molecule has 0 N–H and O–H groups in total. The van der Waals surface area contributed by atoms with Crippen LogP contribution in [-0.4, -0.2) is 18.2 Å². The topological polar surface area (TPSA) is 52.6 Å². The van der Waals surface area contributed by atoms with Crippen molar-refractivity contribution in [2.45, 2.75) is 39.4 Å². The molecule has 0 aromatic carbocycles. The predicted molar refractivity (Wildman–Crippen MR) is 53.8 cm³/mol. The van der Waals surface area contributed by atoms with Gasteiger partial charge in [0.15, 0.2) is 0 Å². The Morgan fingerprint density at radius 2 is 1.80 bits per heavy atom. The van der Waals surface area contributed by atoms with Crippen LogP contribution in [0.1, 0.15) is 33.1 Å². The second kappa shape index (κ2) is 5.53.